The van der Waals surface area contributed by atoms with Crippen LogP contribution in [-0.2, 0) is 4.79 Å². The average Bonchev–Trinajstić information content (AvgIpc) is 2.36. The number of aliphatic carboxylic acids is 1. The van der Waals surface area contributed by atoms with Crippen LogP contribution < -0.4 is 0 Å². The number of aromatic hydroxyl groups is 2. The summed E-state index contributed by atoms with van der Waals surface area (Å²) >= 11 is 1.55. The first-order chi connectivity index (χ1) is 8.95. The Hall–Kier alpha value is -1.69. The smallest absolute Gasteiger partial charge is 0.328 e. The van der Waals surface area contributed by atoms with Gasteiger partial charge in [-0.1, -0.05) is 0 Å². The highest BCUT2D eigenvalue weighted by Crippen LogP contribution is 2.23. The van der Waals surface area contributed by atoms with Gasteiger partial charge in [-0.25, -0.2) is 4.79 Å². The van der Waals surface area contributed by atoms with Crippen LogP contribution in [-0.4, -0.2) is 45.1 Å². The van der Waals surface area contributed by atoms with Crippen LogP contribution in [0.15, 0.2) is 23.2 Å². The van der Waals surface area contributed by atoms with Gasteiger partial charge in [-0.15, -0.1) is 0 Å². The molecular weight excluding hydrogens is 266 g/mol. The minimum Gasteiger partial charge on any atom is -0.508 e. The number of phenols is 2. The SMILES string of the molecule is CSCCC(N=C(C)c1cc(O)ccc1O)C(=O)O. The van der Waals surface area contributed by atoms with E-state index >= 15 is 0 Å². The number of hydrogen-bond acceptors (Lipinski definition) is 5. The third kappa shape index (κ3) is 4.48. The topological polar surface area (TPSA) is 90.1 Å². The number of phenolic OH excluding ortho intramolecular Hbond substituents is 2. The zero-order valence-corrected chi connectivity index (χ0v) is 11.6. The van der Waals surface area contributed by atoms with Crippen LogP contribution in [0.5, 0.6) is 11.5 Å². The first-order valence-electron chi connectivity index (χ1n) is 5.74. The summed E-state index contributed by atoms with van der Waals surface area (Å²) in [5.74, 6) is -0.334. The molecular formula is C13H17NO4S. The Bertz CT molecular complexity index is 488. The number of carbonyl (C=O) groups is 1. The number of nitrogens with zero attached hydrogens (tertiary/aromatic N) is 1. The van der Waals surface area contributed by atoms with Crippen LogP contribution in [0, 0.1) is 0 Å². The molecule has 0 aliphatic heterocycles. The van der Waals surface area contributed by atoms with Crippen molar-refractivity contribution < 1.29 is 20.1 Å². The molecule has 3 N–H and O–H groups in total. The van der Waals surface area contributed by atoms with Crippen molar-refractivity contribution in [2.45, 2.75) is 19.4 Å². The van der Waals surface area contributed by atoms with Gasteiger partial charge in [0.1, 0.15) is 17.5 Å². The summed E-state index contributed by atoms with van der Waals surface area (Å²) in [6.45, 7) is 1.61. The Morgan fingerprint density at radius 1 is 1.42 bits per heavy atom. The molecule has 0 fully saturated rings. The molecule has 0 radical (unpaired) electrons. The molecule has 1 unspecified atom stereocenters. The maximum atomic E-state index is 11.1. The number of thioether (sulfide) groups is 1. The van der Waals surface area contributed by atoms with Crippen LogP contribution in [0.1, 0.15) is 18.9 Å². The van der Waals surface area contributed by atoms with E-state index in [1.54, 1.807) is 18.7 Å². The van der Waals surface area contributed by atoms with Gasteiger partial charge in [-0.3, -0.25) is 4.99 Å². The summed E-state index contributed by atoms with van der Waals surface area (Å²) in [5, 5.41) is 28.2. The van der Waals surface area contributed by atoms with E-state index in [1.165, 1.54) is 18.2 Å². The normalized spacial score (nSPS) is 13.3. The lowest BCUT2D eigenvalue weighted by molar-refractivity contribution is -0.138. The van der Waals surface area contributed by atoms with Gasteiger partial charge >= 0.3 is 5.97 Å². The zero-order valence-electron chi connectivity index (χ0n) is 10.8. The lowest BCUT2D eigenvalue weighted by Crippen LogP contribution is -2.20. The molecule has 0 saturated carbocycles. The second-order valence-electron chi connectivity index (χ2n) is 4.05. The Labute approximate surface area is 116 Å². The minimum absolute atomic E-state index is 0.00154. The predicted molar refractivity (Wildman–Crippen MR) is 76.4 cm³/mol. The number of rotatable bonds is 6. The Morgan fingerprint density at radius 2 is 2.11 bits per heavy atom. The highest BCUT2D eigenvalue weighted by Gasteiger charge is 2.17. The van der Waals surface area contributed by atoms with Crippen LogP contribution >= 0.6 is 11.8 Å². The van der Waals surface area contributed by atoms with E-state index in [-0.39, 0.29) is 11.5 Å². The van der Waals surface area contributed by atoms with Gasteiger partial charge in [-0.05, 0) is 43.6 Å². The molecule has 6 heteroatoms. The fraction of sp³-hybridized carbons (Fsp3) is 0.385. The molecule has 0 aliphatic carbocycles. The Balaban J connectivity index is 3.00. The summed E-state index contributed by atoms with van der Waals surface area (Å²) in [5.41, 5.74) is 0.734. The van der Waals surface area contributed by atoms with Crippen molar-refractivity contribution in [1.82, 2.24) is 0 Å². The van der Waals surface area contributed by atoms with Crippen LogP contribution in [0.3, 0.4) is 0 Å². The fourth-order valence-electron chi connectivity index (χ4n) is 1.59. The molecule has 0 aromatic heterocycles. The van der Waals surface area contributed by atoms with Gasteiger partial charge in [-0.2, -0.15) is 11.8 Å². The first-order valence-corrected chi connectivity index (χ1v) is 7.13. The Morgan fingerprint density at radius 3 is 2.68 bits per heavy atom. The first kappa shape index (κ1) is 15.4. The summed E-state index contributed by atoms with van der Waals surface area (Å²) in [4.78, 5) is 15.2. The number of aliphatic imine (C=N–C) groups is 1. The highest BCUT2D eigenvalue weighted by atomic mass is 32.2. The van der Waals surface area contributed by atoms with Gasteiger partial charge in [0.05, 0.1) is 0 Å². The minimum atomic E-state index is -0.993. The third-order valence-electron chi connectivity index (χ3n) is 2.60. The van der Waals surface area contributed by atoms with Crippen LogP contribution in [0.25, 0.3) is 0 Å². The second-order valence-corrected chi connectivity index (χ2v) is 5.04. The van der Waals surface area contributed by atoms with Crippen LogP contribution in [0.4, 0.5) is 0 Å². The predicted octanol–water partition coefficient (Wildman–Crippen LogP) is 2.11. The zero-order chi connectivity index (χ0) is 14.4. The number of hydrogen-bond donors (Lipinski definition) is 3. The maximum Gasteiger partial charge on any atom is 0.328 e. The second kappa shape index (κ2) is 7.04. The average molecular weight is 283 g/mol. The van der Waals surface area contributed by atoms with Crippen molar-refractivity contribution in [3.05, 3.63) is 23.8 Å². The molecule has 5 nitrogen and oxygen atoms in total. The van der Waals surface area contributed by atoms with Crippen molar-refractivity contribution >= 4 is 23.4 Å². The molecule has 0 aliphatic rings. The molecule has 1 aromatic rings. The van der Waals surface area contributed by atoms with Crippen molar-refractivity contribution in [3.63, 3.8) is 0 Å². The van der Waals surface area contributed by atoms with E-state index in [0.717, 1.165) is 0 Å². The number of carboxylic acid groups (broad SMARTS) is 1. The van der Waals surface area contributed by atoms with Gasteiger partial charge in [0.2, 0.25) is 0 Å². The number of benzene rings is 1. The lowest BCUT2D eigenvalue weighted by Gasteiger charge is -2.10. The van der Waals surface area contributed by atoms with E-state index in [4.69, 9.17) is 5.11 Å². The molecule has 1 rings (SSSR count). The van der Waals surface area contributed by atoms with E-state index in [1.807, 2.05) is 6.26 Å². The van der Waals surface area contributed by atoms with E-state index < -0.39 is 12.0 Å². The van der Waals surface area contributed by atoms with E-state index in [2.05, 4.69) is 4.99 Å². The molecule has 1 aromatic carbocycles. The molecule has 104 valence electrons. The molecule has 0 heterocycles. The van der Waals surface area contributed by atoms with Gasteiger partial charge < -0.3 is 15.3 Å². The van der Waals surface area contributed by atoms with E-state index in [0.29, 0.717) is 23.4 Å². The molecule has 1 atom stereocenters. The summed E-state index contributed by atoms with van der Waals surface area (Å²) in [6.07, 6.45) is 2.32. The summed E-state index contributed by atoms with van der Waals surface area (Å²) in [6, 6.07) is 3.23. The van der Waals surface area contributed by atoms with Gasteiger partial charge in [0.15, 0.2) is 0 Å². The van der Waals surface area contributed by atoms with Gasteiger partial charge in [0, 0.05) is 11.3 Å². The lowest BCUT2D eigenvalue weighted by atomic mass is 10.1. The van der Waals surface area contributed by atoms with Gasteiger partial charge in [0.25, 0.3) is 0 Å². The largest absolute Gasteiger partial charge is 0.508 e. The third-order valence-corrected chi connectivity index (χ3v) is 3.24. The molecule has 0 spiro atoms. The monoisotopic (exact) mass is 283 g/mol. The highest BCUT2D eigenvalue weighted by molar-refractivity contribution is 7.98. The number of carboxylic acids is 1. The van der Waals surface area contributed by atoms with Crippen molar-refractivity contribution in [1.29, 1.82) is 0 Å². The van der Waals surface area contributed by atoms with Crippen molar-refractivity contribution in [2.75, 3.05) is 12.0 Å². The molecule has 0 saturated heterocycles. The van der Waals surface area contributed by atoms with E-state index in [9.17, 15) is 15.0 Å². The molecule has 0 bridgehead atoms. The Kier molecular flexibility index (Phi) is 5.69. The summed E-state index contributed by atoms with van der Waals surface area (Å²) < 4.78 is 0. The maximum absolute atomic E-state index is 11.1. The standard InChI is InChI=1S/C13H17NO4S/c1-8(10-7-9(15)3-4-12(10)16)14-11(13(17)18)5-6-19-2/h3-4,7,11,15-16H,5-6H2,1-2H3,(H,17,18). The fourth-order valence-corrected chi connectivity index (χ4v) is 2.05. The van der Waals surface area contributed by atoms with Crippen molar-refractivity contribution in [2.24, 2.45) is 4.99 Å². The summed E-state index contributed by atoms with van der Waals surface area (Å²) in [7, 11) is 0. The molecule has 19 heavy (non-hydrogen) atoms. The molecule has 0 amide bonds. The van der Waals surface area contributed by atoms with Crippen LogP contribution in [0.2, 0.25) is 0 Å². The quantitative estimate of drug-likeness (QED) is 0.549. The van der Waals surface area contributed by atoms with Crippen molar-refractivity contribution in [3.8, 4) is 11.5 Å².